The van der Waals surface area contributed by atoms with E-state index in [9.17, 15) is 19.8 Å². The number of Topliss-reactive ketones (excluding diaryl/α,β-unsaturated/α-hetero) is 1. The summed E-state index contributed by atoms with van der Waals surface area (Å²) >= 11 is 3.10. The van der Waals surface area contributed by atoms with E-state index in [4.69, 9.17) is 4.74 Å². The number of thioether (sulfide) groups is 2. The van der Waals surface area contributed by atoms with Gasteiger partial charge in [0.1, 0.15) is 5.78 Å². The molecule has 0 amide bonds. The van der Waals surface area contributed by atoms with Crippen molar-refractivity contribution in [2.24, 2.45) is 5.92 Å². The minimum absolute atomic E-state index is 0.0653. The van der Waals surface area contributed by atoms with Crippen LogP contribution in [-0.4, -0.2) is 62.8 Å². The maximum Gasteiger partial charge on any atom is 0.316 e. The summed E-state index contributed by atoms with van der Waals surface area (Å²) in [6.45, 7) is 3.67. The van der Waals surface area contributed by atoms with Crippen LogP contribution >= 0.6 is 23.5 Å². The van der Waals surface area contributed by atoms with E-state index >= 15 is 0 Å². The first kappa shape index (κ1) is 27.8. The van der Waals surface area contributed by atoms with Gasteiger partial charge in [-0.3, -0.25) is 9.59 Å². The molecule has 7 heteroatoms. The van der Waals surface area contributed by atoms with E-state index in [-0.39, 0.29) is 35.4 Å². The fraction of sp³-hybridized carbons (Fsp3) is 0.500. The molecule has 0 heterocycles. The summed E-state index contributed by atoms with van der Waals surface area (Å²) in [5, 5.41) is 23.1. The third-order valence-electron chi connectivity index (χ3n) is 5.98. The van der Waals surface area contributed by atoms with Crippen LogP contribution in [0.4, 0.5) is 0 Å². The van der Waals surface area contributed by atoms with Gasteiger partial charge < -0.3 is 14.9 Å². The lowest BCUT2D eigenvalue weighted by Gasteiger charge is -2.18. The highest BCUT2D eigenvalue weighted by molar-refractivity contribution is 8.01. The lowest BCUT2D eigenvalue weighted by atomic mass is 9.98. The van der Waals surface area contributed by atoms with Crippen molar-refractivity contribution < 1.29 is 24.5 Å². The van der Waals surface area contributed by atoms with Crippen molar-refractivity contribution in [3.8, 4) is 0 Å². The lowest BCUT2D eigenvalue weighted by molar-refractivity contribution is -0.144. The number of rotatable bonds is 13. The molecule has 4 atom stereocenters. The van der Waals surface area contributed by atoms with Crippen LogP contribution in [0.25, 0.3) is 10.8 Å². The Morgan fingerprint density at radius 1 is 1.17 bits per heavy atom. The first-order valence-electron chi connectivity index (χ1n) is 12.3. The molecule has 35 heavy (non-hydrogen) atoms. The highest BCUT2D eigenvalue weighted by atomic mass is 32.2. The zero-order valence-corrected chi connectivity index (χ0v) is 22.1. The summed E-state index contributed by atoms with van der Waals surface area (Å²) in [6, 6.07) is 14.5. The largest absolute Gasteiger partial charge is 0.462 e. The number of benzene rings is 2. The minimum Gasteiger partial charge on any atom is -0.462 e. The summed E-state index contributed by atoms with van der Waals surface area (Å²) in [5.41, 5.74) is 1.20. The van der Waals surface area contributed by atoms with E-state index in [0.29, 0.717) is 12.2 Å². The van der Waals surface area contributed by atoms with Crippen LogP contribution in [-0.2, 0) is 20.7 Å². The maximum absolute atomic E-state index is 12.4. The average molecular weight is 517 g/mol. The molecule has 2 aromatic carbocycles. The number of hydrogen-bond acceptors (Lipinski definition) is 7. The second-order valence-electron chi connectivity index (χ2n) is 9.18. The summed E-state index contributed by atoms with van der Waals surface area (Å²) in [7, 11) is 0. The van der Waals surface area contributed by atoms with Crippen LogP contribution in [0.5, 0.6) is 0 Å². The molecule has 0 aliphatic heterocycles. The summed E-state index contributed by atoms with van der Waals surface area (Å²) in [6.07, 6.45) is 4.49. The van der Waals surface area contributed by atoms with Crippen LogP contribution in [0, 0.1) is 5.92 Å². The fourth-order valence-corrected chi connectivity index (χ4v) is 6.55. The Balaban J connectivity index is 1.44. The van der Waals surface area contributed by atoms with Crippen molar-refractivity contribution in [1.82, 2.24) is 0 Å². The van der Waals surface area contributed by atoms with Crippen LogP contribution < -0.4 is 0 Å². The molecule has 5 nitrogen and oxygen atoms in total. The van der Waals surface area contributed by atoms with Crippen LogP contribution in [0.2, 0.25) is 0 Å². The highest BCUT2D eigenvalue weighted by Crippen LogP contribution is 2.34. The molecule has 3 rings (SSSR count). The van der Waals surface area contributed by atoms with Gasteiger partial charge in [0.05, 0.1) is 29.3 Å². The number of ketones is 1. The number of fused-ring (bicyclic) bond motifs is 1. The van der Waals surface area contributed by atoms with E-state index < -0.39 is 12.2 Å². The molecular formula is C28H36O5S2. The molecule has 0 spiro atoms. The number of aryl methyl sites for hydroxylation is 1. The van der Waals surface area contributed by atoms with Crippen LogP contribution in [0.15, 0.2) is 54.6 Å². The first-order valence-corrected chi connectivity index (χ1v) is 14.5. The second-order valence-corrected chi connectivity index (χ2v) is 11.5. The average Bonchev–Trinajstić information content (AvgIpc) is 3.09. The predicted octanol–water partition coefficient (Wildman–Crippen LogP) is 4.82. The monoisotopic (exact) mass is 516 g/mol. The number of aliphatic hydroxyl groups excluding tert-OH is 2. The summed E-state index contributed by atoms with van der Waals surface area (Å²) < 4.78 is 5.12. The van der Waals surface area contributed by atoms with E-state index in [0.717, 1.165) is 24.3 Å². The van der Waals surface area contributed by atoms with Gasteiger partial charge in [0.15, 0.2) is 0 Å². The molecular weight excluding hydrogens is 480 g/mol. The Labute approximate surface area is 216 Å². The van der Waals surface area contributed by atoms with Crippen LogP contribution in [0.1, 0.15) is 38.7 Å². The van der Waals surface area contributed by atoms with Gasteiger partial charge >= 0.3 is 5.97 Å². The van der Waals surface area contributed by atoms with Gasteiger partial charge in [-0.05, 0) is 61.0 Å². The van der Waals surface area contributed by atoms with E-state index in [1.165, 1.54) is 28.1 Å². The van der Waals surface area contributed by atoms with Gasteiger partial charge in [-0.2, -0.15) is 11.8 Å². The zero-order valence-electron chi connectivity index (χ0n) is 20.5. The maximum atomic E-state index is 12.4. The highest BCUT2D eigenvalue weighted by Gasteiger charge is 2.40. The van der Waals surface area contributed by atoms with Crippen molar-refractivity contribution in [3.05, 3.63) is 60.2 Å². The molecule has 0 bridgehead atoms. The van der Waals surface area contributed by atoms with Gasteiger partial charge in [0.25, 0.3) is 0 Å². The Bertz CT molecular complexity index is 1000. The third kappa shape index (κ3) is 8.67. The molecule has 1 saturated carbocycles. The standard InChI is InChI=1S/C28H36O5S2/c1-19(2)33-27(32)18-34-15-6-16-35-28-24(25(30)17-26(28)31)14-13-22(29)12-11-21-9-5-8-20-7-3-4-10-23(20)21/h3-5,7-10,13-14,19,22,24-25,28-30H,6,11-12,15-18H2,1-2H3/t22?,24-,25+,28?/m0/s1. The Morgan fingerprint density at radius 3 is 2.74 bits per heavy atom. The van der Waals surface area contributed by atoms with Gasteiger partial charge in [0.2, 0.25) is 0 Å². The van der Waals surface area contributed by atoms with Gasteiger partial charge in [-0.25, -0.2) is 0 Å². The molecule has 1 aliphatic rings. The Kier molecular flexibility index (Phi) is 11.2. The van der Waals surface area contributed by atoms with Crippen molar-refractivity contribution in [3.63, 3.8) is 0 Å². The first-order chi connectivity index (χ1) is 16.8. The smallest absolute Gasteiger partial charge is 0.316 e. The molecule has 2 aromatic rings. The predicted molar refractivity (Wildman–Crippen MR) is 146 cm³/mol. The lowest BCUT2D eigenvalue weighted by Crippen LogP contribution is -2.22. The molecule has 2 N–H and O–H groups in total. The molecule has 0 saturated heterocycles. The van der Waals surface area contributed by atoms with Crippen molar-refractivity contribution >= 4 is 46.0 Å². The quantitative estimate of drug-likeness (QED) is 0.224. The fourth-order valence-electron chi connectivity index (χ4n) is 4.30. The number of carbonyl (C=O) groups excluding carboxylic acids is 2. The molecule has 0 radical (unpaired) electrons. The van der Waals surface area contributed by atoms with E-state index in [2.05, 4.69) is 24.3 Å². The number of aliphatic hydroxyl groups is 2. The Morgan fingerprint density at radius 2 is 1.94 bits per heavy atom. The number of hydrogen-bond donors (Lipinski definition) is 2. The SMILES string of the molecule is CC(C)OC(=O)CSCCCSC1C(=O)C[C@@H](O)[C@@H]1C=CC(O)CCc1cccc2ccccc12. The topological polar surface area (TPSA) is 83.8 Å². The summed E-state index contributed by atoms with van der Waals surface area (Å²) in [4.78, 5) is 24.0. The minimum atomic E-state index is -0.707. The van der Waals surface area contributed by atoms with Crippen molar-refractivity contribution in [2.45, 2.75) is 63.1 Å². The number of ether oxygens (including phenoxy) is 1. The van der Waals surface area contributed by atoms with E-state index in [1.54, 1.807) is 17.8 Å². The van der Waals surface area contributed by atoms with Gasteiger partial charge in [0, 0.05) is 12.3 Å². The van der Waals surface area contributed by atoms with Crippen molar-refractivity contribution in [2.75, 3.05) is 17.3 Å². The molecule has 2 unspecified atom stereocenters. The van der Waals surface area contributed by atoms with Gasteiger partial charge in [-0.1, -0.05) is 54.6 Å². The van der Waals surface area contributed by atoms with Gasteiger partial charge in [-0.15, -0.1) is 11.8 Å². The molecule has 190 valence electrons. The van der Waals surface area contributed by atoms with Crippen LogP contribution in [0.3, 0.4) is 0 Å². The number of carbonyl (C=O) groups is 2. The second kappa shape index (κ2) is 14.1. The Hall–Kier alpha value is -1.80. The zero-order chi connectivity index (χ0) is 25.2. The van der Waals surface area contributed by atoms with Crippen molar-refractivity contribution in [1.29, 1.82) is 0 Å². The normalized spacial score (nSPS) is 21.3. The summed E-state index contributed by atoms with van der Waals surface area (Å²) in [5.74, 6) is 1.52. The third-order valence-corrected chi connectivity index (χ3v) is 8.46. The van der Waals surface area contributed by atoms with E-state index in [1.807, 2.05) is 38.1 Å². The molecule has 0 aromatic heterocycles. The molecule has 1 fully saturated rings. The number of esters is 1. The molecule has 1 aliphatic carbocycles.